The number of likely N-dealkylation sites (N-methyl/N-ethyl adjacent to an activating group) is 2. The molecule has 0 saturated carbocycles. The summed E-state index contributed by atoms with van der Waals surface area (Å²) in [6, 6.07) is 3.20. The van der Waals surface area contributed by atoms with Crippen LogP contribution in [-0.4, -0.2) is 62.4 Å². The van der Waals surface area contributed by atoms with E-state index in [0.717, 1.165) is 6.54 Å². The maximum atomic E-state index is 12.7. The van der Waals surface area contributed by atoms with Crippen molar-refractivity contribution in [1.29, 1.82) is 0 Å². The van der Waals surface area contributed by atoms with Crippen LogP contribution in [0.5, 0.6) is 0 Å². The van der Waals surface area contributed by atoms with Crippen LogP contribution >= 0.6 is 0 Å². The van der Waals surface area contributed by atoms with E-state index in [1.165, 1.54) is 10.5 Å². The second-order valence-electron chi connectivity index (χ2n) is 5.23. The Balaban J connectivity index is 3.01. The second kappa shape index (κ2) is 7.72. The highest BCUT2D eigenvalue weighted by atomic mass is 32.2. The third-order valence-electron chi connectivity index (χ3n) is 3.13. The summed E-state index contributed by atoms with van der Waals surface area (Å²) >= 11 is 0. The standard InChI is InChI=1S/C14H26N4O2S/c1-6-15-14-9-8-13(10-16-14)21(19,20)18(7-2)12(3)11-17(4)5/h8-10,12H,6-7,11H2,1-5H3,(H,15,16). The second-order valence-corrected chi connectivity index (χ2v) is 7.12. The highest BCUT2D eigenvalue weighted by molar-refractivity contribution is 7.89. The molecule has 1 N–H and O–H groups in total. The van der Waals surface area contributed by atoms with Crippen LogP contribution in [0.3, 0.4) is 0 Å². The van der Waals surface area contributed by atoms with E-state index >= 15 is 0 Å². The van der Waals surface area contributed by atoms with Crippen LogP contribution < -0.4 is 5.32 Å². The number of pyridine rings is 1. The van der Waals surface area contributed by atoms with Gasteiger partial charge in [-0.2, -0.15) is 4.31 Å². The molecule has 0 bridgehead atoms. The van der Waals surface area contributed by atoms with Crippen LogP contribution in [0.1, 0.15) is 20.8 Å². The zero-order valence-electron chi connectivity index (χ0n) is 13.5. The Kier molecular flexibility index (Phi) is 6.57. The molecule has 1 heterocycles. The van der Waals surface area contributed by atoms with E-state index in [1.807, 2.05) is 39.8 Å². The Hall–Kier alpha value is -1.18. The van der Waals surface area contributed by atoms with Gasteiger partial charge < -0.3 is 10.2 Å². The lowest BCUT2D eigenvalue weighted by Crippen LogP contribution is -2.43. The van der Waals surface area contributed by atoms with E-state index in [9.17, 15) is 8.42 Å². The first-order chi connectivity index (χ1) is 9.82. The van der Waals surface area contributed by atoms with Crippen molar-refractivity contribution in [2.24, 2.45) is 0 Å². The van der Waals surface area contributed by atoms with E-state index in [0.29, 0.717) is 18.9 Å². The van der Waals surface area contributed by atoms with Gasteiger partial charge in [0.15, 0.2) is 0 Å². The van der Waals surface area contributed by atoms with Gasteiger partial charge in [-0.3, -0.25) is 0 Å². The van der Waals surface area contributed by atoms with Gasteiger partial charge >= 0.3 is 0 Å². The first-order valence-corrected chi connectivity index (χ1v) is 8.63. The molecule has 1 rings (SSSR count). The topological polar surface area (TPSA) is 65.5 Å². The normalized spacial score (nSPS) is 13.7. The molecule has 120 valence electrons. The number of aromatic nitrogens is 1. The zero-order valence-corrected chi connectivity index (χ0v) is 14.3. The van der Waals surface area contributed by atoms with Crippen LogP contribution in [0, 0.1) is 0 Å². The summed E-state index contributed by atoms with van der Waals surface area (Å²) in [4.78, 5) is 6.36. The van der Waals surface area contributed by atoms with Crippen molar-refractivity contribution in [2.45, 2.75) is 31.7 Å². The van der Waals surface area contributed by atoms with Gasteiger partial charge in [-0.15, -0.1) is 0 Å². The van der Waals surface area contributed by atoms with Gasteiger partial charge in [-0.05, 0) is 40.1 Å². The number of anilines is 1. The number of hydrogen-bond acceptors (Lipinski definition) is 5. The van der Waals surface area contributed by atoms with Crippen LogP contribution in [0.25, 0.3) is 0 Å². The lowest BCUT2D eigenvalue weighted by atomic mass is 10.3. The average molecular weight is 314 g/mol. The van der Waals surface area contributed by atoms with Crippen molar-refractivity contribution < 1.29 is 8.42 Å². The maximum Gasteiger partial charge on any atom is 0.244 e. The summed E-state index contributed by atoms with van der Waals surface area (Å²) in [5, 5.41) is 3.05. The zero-order chi connectivity index (χ0) is 16.0. The lowest BCUT2D eigenvalue weighted by molar-refractivity contribution is 0.271. The van der Waals surface area contributed by atoms with Gasteiger partial charge in [0.1, 0.15) is 10.7 Å². The summed E-state index contributed by atoms with van der Waals surface area (Å²) in [5.41, 5.74) is 0. The molecule has 7 heteroatoms. The Labute approximate surface area is 128 Å². The lowest BCUT2D eigenvalue weighted by Gasteiger charge is -2.29. The van der Waals surface area contributed by atoms with Crippen molar-refractivity contribution in [3.05, 3.63) is 18.3 Å². The van der Waals surface area contributed by atoms with E-state index < -0.39 is 10.0 Å². The van der Waals surface area contributed by atoms with Crippen molar-refractivity contribution in [3.8, 4) is 0 Å². The Morgan fingerprint density at radius 1 is 1.29 bits per heavy atom. The fraction of sp³-hybridized carbons (Fsp3) is 0.643. The predicted octanol–water partition coefficient (Wildman–Crippen LogP) is 1.47. The molecule has 0 aliphatic carbocycles. The molecule has 0 fully saturated rings. The minimum absolute atomic E-state index is 0.0940. The highest BCUT2D eigenvalue weighted by Gasteiger charge is 2.28. The quantitative estimate of drug-likeness (QED) is 0.787. The molecule has 6 nitrogen and oxygen atoms in total. The third kappa shape index (κ3) is 4.66. The largest absolute Gasteiger partial charge is 0.370 e. The molecular formula is C14H26N4O2S. The Morgan fingerprint density at radius 3 is 2.38 bits per heavy atom. The number of nitrogens with one attached hydrogen (secondary N) is 1. The highest BCUT2D eigenvalue weighted by Crippen LogP contribution is 2.18. The Bertz CT molecular complexity index is 528. The minimum Gasteiger partial charge on any atom is -0.370 e. The molecule has 1 aromatic heterocycles. The van der Waals surface area contributed by atoms with E-state index in [-0.39, 0.29) is 10.9 Å². The third-order valence-corrected chi connectivity index (χ3v) is 5.21. The monoisotopic (exact) mass is 314 g/mol. The van der Waals surface area contributed by atoms with Crippen LogP contribution in [0.4, 0.5) is 5.82 Å². The van der Waals surface area contributed by atoms with E-state index in [2.05, 4.69) is 10.3 Å². The molecular weight excluding hydrogens is 288 g/mol. The minimum atomic E-state index is -3.51. The molecule has 0 radical (unpaired) electrons. The van der Waals surface area contributed by atoms with Gasteiger partial charge in [-0.1, -0.05) is 6.92 Å². The van der Waals surface area contributed by atoms with Crippen LogP contribution in [0.2, 0.25) is 0 Å². The summed E-state index contributed by atoms with van der Waals surface area (Å²) in [5.74, 6) is 0.681. The summed E-state index contributed by atoms with van der Waals surface area (Å²) in [6.07, 6.45) is 1.42. The first kappa shape index (κ1) is 17.9. The number of sulfonamides is 1. The van der Waals surface area contributed by atoms with Crippen LogP contribution in [0.15, 0.2) is 23.2 Å². The van der Waals surface area contributed by atoms with Crippen molar-refractivity contribution >= 4 is 15.8 Å². The fourth-order valence-electron chi connectivity index (χ4n) is 2.29. The van der Waals surface area contributed by atoms with Crippen molar-refractivity contribution in [2.75, 3.05) is 39.0 Å². The molecule has 0 aliphatic heterocycles. The summed E-state index contributed by atoms with van der Waals surface area (Å²) < 4.78 is 26.9. The smallest absolute Gasteiger partial charge is 0.244 e. The molecule has 1 aromatic rings. The van der Waals surface area contributed by atoms with Gasteiger partial charge in [-0.25, -0.2) is 13.4 Å². The maximum absolute atomic E-state index is 12.7. The summed E-state index contributed by atoms with van der Waals surface area (Å²) in [6.45, 7) is 7.60. The van der Waals surface area contributed by atoms with Gasteiger partial charge in [0, 0.05) is 31.9 Å². The molecule has 1 unspecified atom stereocenters. The fourth-order valence-corrected chi connectivity index (χ4v) is 3.87. The molecule has 0 amide bonds. The van der Waals surface area contributed by atoms with Crippen molar-refractivity contribution in [1.82, 2.24) is 14.2 Å². The molecule has 0 saturated heterocycles. The molecule has 0 spiro atoms. The van der Waals surface area contributed by atoms with Crippen molar-refractivity contribution in [3.63, 3.8) is 0 Å². The van der Waals surface area contributed by atoms with E-state index in [1.54, 1.807) is 12.1 Å². The number of hydrogen-bond donors (Lipinski definition) is 1. The number of nitrogens with zero attached hydrogens (tertiary/aromatic N) is 3. The van der Waals surface area contributed by atoms with Gasteiger partial charge in [0.2, 0.25) is 10.0 Å². The van der Waals surface area contributed by atoms with Crippen LogP contribution in [-0.2, 0) is 10.0 Å². The average Bonchev–Trinajstić information content (AvgIpc) is 2.39. The first-order valence-electron chi connectivity index (χ1n) is 7.19. The number of rotatable bonds is 8. The molecule has 1 atom stereocenters. The summed E-state index contributed by atoms with van der Waals surface area (Å²) in [7, 11) is 0.357. The Morgan fingerprint density at radius 2 is 1.95 bits per heavy atom. The predicted molar refractivity (Wildman–Crippen MR) is 86.0 cm³/mol. The van der Waals surface area contributed by atoms with E-state index in [4.69, 9.17) is 0 Å². The molecule has 0 aliphatic rings. The van der Waals surface area contributed by atoms with Gasteiger partial charge in [0.05, 0.1) is 0 Å². The molecule has 0 aromatic carbocycles. The molecule has 21 heavy (non-hydrogen) atoms. The SMILES string of the molecule is CCNc1ccc(S(=O)(=O)N(CC)C(C)CN(C)C)cn1. The van der Waals surface area contributed by atoms with Gasteiger partial charge in [0.25, 0.3) is 0 Å².